The number of halogens is 1. The molecule has 0 fully saturated rings. The number of Topliss-reactive ketones (excluding diaryl/α,β-unsaturated/α-hetero) is 1. The molecule has 2 aromatic heterocycles. The zero-order valence-corrected chi connectivity index (χ0v) is 10.8. The highest BCUT2D eigenvalue weighted by Crippen LogP contribution is 2.33. The number of methoxy groups -OCH3 is 1. The van der Waals surface area contributed by atoms with E-state index in [0.29, 0.717) is 11.4 Å². The molecular weight excluding hydrogens is 272 g/mol. The number of pyridine rings is 1. The standard InChI is InChI=1S/C11H11BrN2O2/c1-5-8(6(2)15)9-7(12)4-13-11(16-3)10(9)14-5/h4,14H,1-3H3. The Labute approximate surface area is 101 Å². The topological polar surface area (TPSA) is 55.0 Å². The molecule has 0 saturated heterocycles. The van der Waals surface area contributed by atoms with E-state index in [1.165, 1.54) is 0 Å². The van der Waals surface area contributed by atoms with Gasteiger partial charge in [0.05, 0.1) is 7.11 Å². The summed E-state index contributed by atoms with van der Waals surface area (Å²) in [6.45, 7) is 3.41. The molecule has 0 aliphatic heterocycles. The van der Waals surface area contributed by atoms with Crippen LogP contribution in [0.2, 0.25) is 0 Å². The lowest BCUT2D eigenvalue weighted by Crippen LogP contribution is -1.94. The average Bonchev–Trinajstić information content (AvgIpc) is 2.57. The number of carbonyl (C=O) groups is 1. The summed E-state index contributed by atoms with van der Waals surface area (Å²) in [5.74, 6) is 0.520. The number of ether oxygens (including phenoxy) is 1. The van der Waals surface area contributed by atoms with Crippen LogP contribution in [0.1, 0.15) is 23.0 Å². The molecule has 2 rings (SSSR count). The normalized spacial score (nSPS) is 10.8. The van der Waals surface area contributed by atoms with Crippen LogP contribution in [-0.2, 0) is 0 Å². The molecule has 0 aromatic carbocycles. The lowest BCUT2D eigenvalue weighted by Gasteiger charge is -2.02. The van der Waals surface area contributed by atoms with Gasteiger partial charge in [-0.25, -0.2) is 4.98 Å². The summed E-state index contributed by atoms with van der Waals surface area (Å²) in [5.41, 5.74) is 2.26. The lowest BCUT2D eigenvalue weighted by atomic mass is 10.1. The maximum Gasteiger partial charge on any atom is 0.238 e. The smallest absolute Gasteiger partial charge is 0.238 e. The number of aromatic nitrogens is 2. The number of aromatic amines is 1. The summed E-state index contributed by atoms with van der Waals surface area (Å²) in [6, 6.07) is 0. The van der Waals surface area contributed by atoms with Crippen molar-refractivity contribution in [1.82, 2.24) is 9.97 Å². The summed E-state index contributed by atoms with van der Waals surface area (Å²) in [6.07, 6.45) is 1.64. The number of fused-ring (bicyclic) bond motifs is 1. The molecule has 0 amide bonds. The van der Waals surface area contributed by atoms with Gasteiger partial charge in [-0.2, -0.15) is 0 Å². The Bertz CT molecular complexity index is 575. The maximum absolute atomic E-state index is 11.6. The van der Waals surface area contributed by atoms with Gasteiger partial charge < -0.3 is 9.72 Å². The molecule has 0 aliphatic rings. The Morgan fingerprint density at radius 3 is 2.81 bits per heavy atom. The molecule has 1 N–H and O–H groups in total. The quantitative estimate of drug-likeness (QED) is 0.862. The van der Waals surface area contributed by atoms with Crippen LogP contribution in [0, 0.1) is 6.92 Å². The van der Waals surface area contributed by atoms with Crippen LogP contribution in [0.3, 0.4) is 0 Å². The van der Waals surface area contributed by atoms with Crippen molar-refractivity contribution in [1.29, 1.82) is 0 Å². The van der Waals surface area contributed by atoms with Gasteiger partial charge >= 0.3 is 0 Å². The van der Waals surface area contributed by atoms with E-state index in [-0.39, 0.29) is 5.78 Å². The molecule has 0 aliphatic carbocycles. The van der Waals surface area contributed by atoms with E-state index >= 15 is 0 Å². The number of nitrogens with one attached hydrogen (secondary N) is 1. The van der Waals surface area contributed by atoms with Gasteiger partial charge in [0.15, 0.2) is 5.78 Å². The van der Waals surface area contributed by atoms with E-state index in [2.05, 4.69) is 25.9 Å². The van der Waals surface area contributed by atoms with Crippen LogP contribution in [0.5, 0.6) is 5.88 Å². The van der Waals surface area contributed by atoms with Crippen LogP contribution >= 0.6 is 15.9 Å². The first-order valence-corrected chi connectivity index (χ1v) is 5.57. The largest absolute Gasteiger partial charge is 0.479 e. The SMILES string of the molecule is COc1ncc(Br)c2c(C(C)=O)c(C)[nH]c12. The number of ketones is 1. The Hall–Kier alpha value is -1.36. The number of carbonyl (C=O) groups excluding carboxylic acids is 1. The molecule has 5 heteroatoms. The Morgan fingerprint density at radius 2 is 2.25 bits per heavy atom. The van der Waals surface area contributed by atoms with Gasteiger partial charge in [-0.1, -0.05) is 0 Å². The van der Waals surface area contributed by atoms with E-state index in [9.17, 15) is 4.79 Å². The second kappa shape index (κ2) is 3.90. The second-order valence-electron chi connectivity index (χ2n) is 3.55. The average molecular weight is 283 g/mol. The minimum atomic E-state index is 0.0257. The molecule has 0 bridgehead atoms. The van der Waals surface area contributed by atoms with E-state index in [1.54, 1.807) is 20.2 Å². The molecule has 2 heterocycles. The van der Waals surface area contributed by atoms with E-state index in [0.717, 1.165) is 21.1 Å². The van der Waals surface area contributed by atoms with Crippen molar-refractivity contribution in [3.05, 3.63) is 21.9 Å². The minimum absolute atomic E-state index is 0.0257. The van der Waals surface area contributed by atoms with E-state index < -0.39 is 0 Å². The third-order valence-electron chi connectivity index (χ3n) is 2.48. The number of H-pyrrole nitrogens is 1. The van der Waals surface area contributed by atoms with Crippen LogP contribution < -0.4 is 4.74 Å². The van der Waals surface area contributed by atoms with Crippen molar-refractivity contribution in [2.45, 2.75) is 13.8 Å². The number of hydrogen-bond acceptors (Lipinski definition) is 3. The summed E-state index contributed by atoms with van der Waals surface area (Å²) in [7, 11) is 1.55. The molecule has 84 valence electrons. The molecule has 16 heavy (non-hydrogen) atoms. The molecule has 0 saturated carbocycles. The van der Waals surface area contributed by atoms with E-state index in [4.69, 9.17) is 4.74 Å². The first-order valence-electron chi connectivity index (χ1n) is 4.78. The zero-order valence-electron chi connectivity index (χ0n) is 9.22. The van der Waals surface area contributed by atoms with Crippen molar-refractivity contribution in [3.8, 4) is 5.88 Å². The first kappa shape index (κ1) is 11.1. The number of aryl methyl sites for hydroxylation is 1. The minimum Gasteiger partial charge on any atom is -0.479 e. The van der Waals surface area contributed by atoms with Crippen molar-refractivity contribution in [2.24, 2.45) is 0 Å². The molecule has 2 aromatic rings. The first-order chi connectivity index (χ1) is 7.56. The Morgan fingerprint density at radius 1 is 1.56 bits per heavy atom. The van der Waals surface area contributed by atoms with Crippen LogP contribution in [0.25, 0.3) is 10.9 Å². The van der Waals surface area contributed by atoms with Gasteiger partial charge in [-0.3, -0.25) is 4.79 Å². The van der Waals surface area contributed by atoms with Crippen molar-refractivity contribution in [2.75, 3.05) is 7.11 Å². The van der Waals surface area contributed by atoms with Gasteiger partial charge in [-0.05, 0) is 29.8 Å². The molecule has 0 atom stereocenters. The predicted octanol–water partition coefficient (Wildman–Crippen LogP) is 2.85. The summed E-state index contributed by atoms with van der Waals surface area (Å²) in [4.78, 5) is 18.8. The monoisotopic (exact) mass is 282 g/mol. The fourth-order valence-corrected chi connectivity index (χ4v) is 2.36. The van der Waals surface area contributed by atoms with Gasteiger partial charge in [-0.15, -0.1) is 0 Å². The second-order valence-corrected chi connectivity index (χ2v) is 4.40. The third-order valence-corrected chi connectivity index (χ3v) is 3.08. The highest BCUT2D eigenvalue weighted by molar-refractivity contribution is 9.10. The van der Waals surface area contributed by atoms with Gasteiger partial charge in [0, 0.05) is 27.3 Å². The summed E-state index contributed by atoms with van der Waals surface area (Å²) in [5, 5.41) is 0.830. The van der Waals surface area contributed by atoms with E-state index in [1.807, 2.05) is 6.92 Å². The van der Waals surface area contributed by atoms with Crippen LogP contribution in [-0.4, -0.2) is 22.9 Å². The van der Waals surface area contributed by atoms with Gasteiger partial charge in [0.25, 0.3) is 0 Å². The molecule has 0 radical (unpaired) electrons. The predicted molar refractivity (Wildman–Crippen MR) is 65.1 cm³/mol. The van der Waals surface area contributed by atoms with Gasteiger partial charge in [0.1, 0.15) is 5.52 Å². The highest BCUT2D eigenvalue weighted by Gasteiger charge is 2.18. The maximum atomic E-state index is 11.6. The van der Waals surface area contributed by atoms with Crippen LogP contribution in [0.15, 0.2) is 10.7 Å². The fourth-order valence-electron chi connectivity index (χ4n) is 1.86. The Balaban J connectivity index is 2.93. The zero-order chi connectivity index (χ0) is 11.9. The number of nitrogens with zero attached hydrogens (tertiary/aromatic N) is 1. The number of hydrogen-bond donors (Lipinski definition) is 1. The molecular formula is C11H11BrN2O2. The van der Waals surface area contributed by atoms with Crippen molar-refractivity contribution < 1.29 is 9.53 Å². The van der Waals surface area contributed by atoms with Crippen molar-refractivity contribution in [3.63, 3.8) is 0 Å². The molecule has 4 nitrogen and oxygen atoms in total. The highest BCUT2D eigenvalue weighted by atomic mass is 79.9. The third kappa shape index (κ3) is 1.51. The number of rotatable bonds is 2. The summed E-state index contributed by atoms with van der Waals surface area (Å²) < 4.78 is 5.95. The fraction of sp³-hybridized carbons (Fsp3) is 0.273. The lowest BCUT2D eigenvalue weighted by molar-refractivity contribution is 0.101. The van der Waals surface area contributed by atoms with Gasteiger partial charge in [0.2, 0.25) is 5.88 Å². The Kier molecular flexibility index (Phi) is 2.71. The summed E-state index contributed by atoms with van der Waals surface area (Å²) >= 11 is 3.40. The molecule has 0 unspecified atom stereocenters. The molecule has 0 spiro atoms. The van der Waals surface area contributed by atoms with Crippen LogP contribution in [0.4, 0.5) is 0 Å². The van der Waals surface area contributed by atoms with Crippen molar-refractivity contribution >= 4 is 32.6 Å².